The quantitative estimate of drug-likeness (QED) is 0.850. The number of hydrogen-bond acceptors (Lipinski definition) is 5. The average molecular weight is 352 g/mol. The van der Waals surface area contributed by atoms with Gasteiger partial charge in [0.25, 0.3) is 5.91 Å². The summed E-state index contributed by atoms with van der Waals surface area (Å²) in [5, 5.41) is 0. The van der Waals surface area contributed by atoms with Gasteiger partial charge in [-0.1, -0.05) is 0 Å². The van der Waals surface area contributed by atoms with Crippen LogP contribution in [0.3, 0.4) is 0 Å². The topological polar surface area (TPSA) is 58.6 Å². The highest BCUT2D eigenvalue weighted by molar-refractivity contribution is 5.94. The zero-order valence-corrected chi connectivity index (χ0v) is 15.4. The first-order chi connectivity index (χ1) is 12.7. The summed E-state index contributed by atoms with van der Waals surface area (Å²) in [5.74, 6) is 2.65. The van der Waals surface area contributed by atoms with Crippen molar-refractivity contribution in [2.75, 3.05) is 31.6 Å². The predicted octanol–water partition coefficient (Wildman–Crippen LogP) is 2.59. The highest BCUT2D eigenvalue weighted by Gasteiger charge is 2.28. The second kappa shape index (κ2) is 6.94. The molecule has 2 aromatic rings. The molecule has 1 amide bonds. The van der Waals surface area contributed by atoms with E-state index in [1.807, 2.05) is 36.1 Å². The third-order valence-corrected chi connectivity index (χ3v) is 5.18. The van der Waals surface area contributed by atoms with E-state index < -0.39 is 0 Å². The molecule has 1 aromatic heterocycles. The molecule has 0 radical (unpaired) electrons. The minimum absolute atomic E-state index is 0.0475. The van der Waals surface area contributed by atoms with Crippen molar-refractivity contribution >= 4 is 11.7 Å². The van der Waals surface area contributed by atoms with Crippen LogP contribution >= 0.6 is 0 Å². The molecule has 0 spiro atoms. The maximum atomic E-state index is 12.9. The van der Waals surface area contributed by atoms with E-state index in [9.17, 15) is 4.79 Å². The molecule has 1 saturated heterocycles. The molecule has 1 fully saturated rings. The Morgan fingerprint density at radius 2 is 1.81 bits per heavy atom. The number of amides is 1. The van der Waals surface area contributed by atoms with Gasteiger partial charge in [0, 0.05) is 37.2 Å². The van der Waals surface area contributed by atoms with Crippen molar-refractivity contribution in [3.8, 4) is 5.75 Å². The summed E-state index contributed by atoms with van der Waals surface area (Å²) >= 11 is 0. The predicted molar refractivity (Wildman–Crippen MR) is 99.7 cm³/mol. The lowest BCUT2D eigenvalue weighted by molar-refractivity contribution is 0.0733. The molecule has 6 heteroatoms. The third-order valence-electron chi connectivity index (χ3n) is 5.18. The number of rotatable bonds is 3. The second-order valence-electron chi connectivity index (χ2n) is 6.92. The number of fused-ring (bicyclic) bond motifs is 1. The number of aryl methyl sites for hydroxylation is 1. The van der Waals surface area contributed by atoms with Crippen LogP contribution in [0.15, 0.2) is 24.3 Å². The van der Waals surface area contributed by atoms with Crippen LogP contribution in [0.25, 0.3) is 0 Å². The van der Waals surface area contributed by atoms with Gasteiger partial charge in [-0.05, 0) is 44.0 Å². The Balaban J connectivity index is 1.61. The molecule has 1 aromatic carbocycles. The zero-order valence-electron chi connectivity index (χ0n) is 15.4. The van der Waals surface area contributed by atoms with Crippen LogP contribution < -0.4 is 9.64 Å². The summed E-state index contributed by atoms with van der Waals surface area (Å²) in [6.07, 6.45) is 3.18. The second-order valence-corrected chi connectivity index (χ2v) is 6.92. The highest BCUT2D eigenvalue weighted by Crippen LogP contribution is 2.29. The maximum Gasteiger partial charge on any atom is 0.254 e. The van der Waals surface area contributed by atoms with E-state index >= 15 is 0 Å². The maximum absolute atomic E-state index is 12.9. The standard InChI is InChI=1S/C20H24N4O2/c1-14-21-18-9-12-24(20(25)15-5-7-16(26-2)8-6-15)13-17(18)19(22-14)23-10-3-4-11-23/h5-8H,3-4,9-13H2,1-2H3. The molecule has 0 unspecified atom stereocenters. The Morgan fingerprint density at radius 1 is 1.08 bits per heavy atom. The van der Waals surface area contributed by atoms with E-state index in [0.29, 0.717) is 18.7 Å². The lowest BCUT2D eigenvalue weighted by atomic mass is 10.0. The van der Waals surface area contributed by atoms with Crippen LogP contribution in [0.1, 0.15) is 40.3 Å². The number of hydrogen-bond donors (Lipinski definition) is 0. The third kappa shape index (κ3) is 3.11. The fourth-order valence-corrected chi connectivity index (χ4v) is 3.80. The lowest BCUT2D eigenvalue weighted by Gasteiger charge is -2.31. The summed E-state index contributed by atoms with van der Waals surface area (Å²) in [6, 6.07) is 7.30. The number of methoxy groups -OCH3 is 1. The van der Waals surface area contributed by atoms with Gasteiger partial charge in [0.1, 0.15) is 17.4 Å². The van der Waals surface area contributed by atoms with Gasteiger partial charge in [-0.2, -0.15) is 0 Å². The van der Waals surface area contributed by atoms with E-state index in [4.69, 9.17) is 9.72 Å². The normalized spacial score (nSPS) is 16.5. The number of benzene rings is 1. The molecule has 0 atom stereocenters. The molecule has 136 valence electrons. The summed E-state index contributed by atoms with van der Waals surface area (Å²) in [7, 11) is 1.63. The largest absolute Gasteiger partial charge is 0.497 e. The van der Waals surface area contributed by atoms with E-state index in [2.05, 4.69) is 9.88 Å². The molecule has 2 aliphatic rings. The molecule has 2 aliphatic heterocycles. The fourth-order valence-electron chi connectivity index (χ4n) is 3.80. The van der Waals surface area contributed by atoms with Crippen molar-refractivity contribution in [1.82, 2.24) is 14.9 Å². The Hall–Kier alpha value is -2.63. The van der Waals surface area contributed by atoms with E-state index in [1.165, 1.54) is 12.8 Å². The van der Waals surface area contributed by atoms with Crippen molar-refractivity contribution in [3.63, 3.8) is 0 Å². The van der Waals surface area contributed by atoms with Crippen molar-refractivity contribution in [1.29, 1.82) is 0 Å². The monoisotopic (exact) mass is 352 g/mol. The zero-order chi connectivity index (χ0) is 18.1. The lowest BCUT2D eigenvalue weighted by Crippen LogP contribution is -2.38. The molecular weight excluding hydrogens is 328 g/mol. The molecule has 6 nitrogen and oxygen atoms in total. The van der Waals surface area contributed by atoms with Crippen molar-refractivity contribution < 1.29 is 9.53 Å². The Labute approximate surface area is 153 Å². The molecular formula is C20H24N4O2. The molecule has 26 heavy (non-hydrogen) atoms. The van der Waals surface area contributed by atoms with Gasteiger partial charge in [-0.15, -0.1) is 0 Å². The number of carbonyl (C=O) groups is 1. The summed E-state index contributed by atoms with van der Waals surface area (Å²) in [6.45, 7) is 5.29. The highest BCUT2D eigenvalue weighted by atomic mass is 16.5. The molecule has 0 bridgehead atoms. The summed E-state index contributed by atoms with van der Waals surface area (Å²) < 4.78 is 5.18. The molecule has 0 N–H and O–H groups in total. The van der Waals surface area contributed by atoms with Crippen LogP contribution in [0.4, 0.5) is 5.82 Å². The van der Waals surface area contributed by atoms with Crippen LogP contribution in [-0.4, -0.2) is 47.5 Å². The molecule has 0 aliphatic carbocycles. The summed E-state index contributed by atoms with van der Waals surface area (Å²) in [5.41, 5.74) is 2.90. The number of carbonyl (C=O) groups excluding carboxylic acids is 1. The number of anilines is 1. The fraction of sp³-hybridized carbons (Fsp3) is 0.450. The van der Waals surface area contributed by atoms with Crippen LogP contribution in [0, 0.1) is 6.92 Å². The van der Waals surface area contributed by atoms with Crippen LogP contribution in [0.5, 0.6) is 5.75 Å². The van der Waals surface area contributed by atoms with Crippen LogP contribution in [0.2, 0.25) is 0 Å². The summed E-state index contributed by atoms with van der Waals surface area (Å²) in [4.78, 5) is 26.5. The smallest absolute Gasteiger partial charge is 0.254 e. The van der Waals surface area contributed by atoms with Gasteiger partial charge in [0.2, 0.25) is 0 Å². The molecule has 4 rings (SSSR count). The van der Waals surface area contributed by atoms with Crippen molar-refractivity contribution in [2.45, 2.75) is 32.7 Å². The van der Waals surface area contributed by atoms with Gasteiger partial charge in [0.15, 0.2) is 0 Å². The molecule has 0 saturated carbocycles. The Kier molecular flexibility index (Phi) is 4.49. The van der Waals surface area contributed by atoms with E-state index in [-0.39, 0.29) is 5.91 Å². The van der Waals surface area contributed by atoms with Gasteiger partial charge in [-0.25, -0.2) is 9.97 Å². The number of nitrogens with zero attached hydrogens (tertiary/aromatic N) is 4. The van der Waals surface area contributed by atoms with Crippen LogP contribution in [-0.2, 0) is 13.0 Å². The van der Waals surface area contributed by atoms with E-state index in [1.54, 1.807) is 7.11 Å². The minimum Gasteiger partial charge on any atom is -0.497 e. The first kappa shape index (κ1) is 16.8. The average Bonchev–Trinajstić information content (AvgIpc) is 3.21. The van der Waals surface area contributed by atoms with Gasteiger partial charge in [0.05, 0.1) is 19.3 Å². The van der Waals surface area contributed by atoms with E-state index in [0.717, 1.165) is 48.2 Å². The van der Waals surface area contributed by atoms with Crippen molar-refractivity contribution in [3.05, 3.63) is 46.9 Å². The van der Waals surface area contributed by atoms with Crippen molar-refractivity contribution in [2.24, 2.45) is 0 Å². The van der Waals surface area contributed by atoms with Gasteiger partial charge < -0.3 is 14.5 Å². The SMILES string of the molecule is COc1ccc(C(=O)N2CCc3nc(C)nc(N4CCCC4)c3C2)cc1. The first-order valence-corrected chi connectivity index (χ1v) is 9.20. The number of aromatic nitrogens is 2. The Morgan fingerprint density at radius 3 is 2.50 bits per heavy atom. The minimum atomic E-state index is 0.0475. The Bertz CT molecular complexity index is 813. The molecule has 3 heterocycles. The van der Waals surface area contributed by atoms with Gasteiger partial charge >= 0.3 is 0 Å². The van der Waals surface area contributed by atoms with Gasteiger partial charge in [-0.3, -0.25) is 4.79 Å². The first-order valence-electron chi connectivity index (χ1n) is 9.20. The number of ether oxygens (including phenoxy) is 1.